The highest BCUT2D eigenvalue weighted by atomic mass is 35.5. The van der Waals surface area contributed by atoms with Crippen molar-refractivity contribution in [2.24, 2.45) is 5.10 Å². The number of nitrogens with one attached hydrogen (secondary N) is 1. The van der Waals surface area contributed by atoms with Crippen LogP contribution < -0.4 is 10.2 Å². The summed E-state index contributed by atoms with van der Waals surface area (Å²) in [6, 6.07) is 18.1. The summed E-state index contributed by atoms with van der Waals surface area (Å²) in [7, 11) is 0. The molecule has 0 saturated carbocycles. The van der Waals surface area contributed by atoms with Crippen LogP contribution >= 0.6 is 11.6 Å². The predicted octanol–water partition coefficient (Wildman–Crippen LogP) is 4.46. The molecule has 0 unspecified atom stereocenters. The maximum Gasteiger partial charge on any atom is 0.343 e. The number of halogens is 2. The fourth-order valence-electron chi connectivity index (χ4n) is 2.23. The number of benzene rings is 3. The molecule has 0 atom stereocenters. The average Bonchev–Trinajstić information content (AvgIpc) is 2.69. The van der Waals surface area contributed by atoms with Crippen molar-refractivity contribution in [3.8, 4) is 5.75 Å². The Kier molecular flexibility index (Phi) is 6.14. The molecule has 0 saturated heterocycles. The van der Waals surface area contributed by atoms with E-state index < -0.39 is 17.7 Å². The van der Waals surface area contributed by atoms with Crippen LogP contribution in [0.25, 0.3) is 0 Å². The fourth-order valence-corrected chi connectivity index (χ4v) is 2.42. The molecule has 140 valence electrons. The van der Waals surface area contributed by atoms with Crippen molar-refractivity contribution in [2.75, 3.05) is 0 Å². The van der Waals surface area contributed by atoms with Crippen molar-refractivity contribution in [1.82, 2.24) is 5.43 Å². The van der Waals surface area contributed by atoms with Gasteiger partial charge in [-0.2, -0.15) is 5.10 Å². The quantitative estimate of drug-likeness (QED) is 0.299. The Morgan fingerprint density at radius 2 is 1.68 bits per heavy atom. The van der Waals surface area contributed by atoms with Gasteiger partial charge in [0.15, 0.2) is 0 Å². The summed E-state index contributed by atoms with van der Waals surface area (Å²) in [4.78, 5) is 23.9. The number of hydrogen-bond acceptors (Lipinski definition) is 4. The van der Waals surface area contributed by atoms with Crippen molar-refractivity contribution in [2.45, 2.75) is 0 Å². The van der Waals surface area contributed by atoms with Gasteiger partial charge in [-0.1, -0.05) is 17.7 Å². The first-order valence-corrected chi connectivity index (χ1v) is 8.56. The Bertz CT molecular complexity index is 1020. The normalized spacial score (nSPS) is 10.6. The van der Waals surface area contributed by atoms with Gasteiger partial charge in [0.2, 0.25) is 0 Å². The van der Waals surface area contributed by atoms with Gasteiger partial charge in [-0.25, -0.2) is 14.6 Å². The largest absolute Gasteiger partial charge is 0.423 e. The topological polar surface area (TPSA) is 67.8 Å². The van der Waals surface area contributed by atoms with E-state index in [1.807, 2.05) is 0 Å². The smallest absolute Gasteiger partial charge is 0.343 e. The zero-order valence-corrected chi connectivity index (χ0v) is 15.2. The van der Waals surface area contributed by atoms with Gasteiger partial charge < -0.3 is 4.74 Å². The zero-order chi connectivity index (χ0) is 19.9. The van der Waals surface area contributed by atoms with Gasteiger partial charge in [-0.3, -0.25) is 4.79 Å². The molecule has 3 aromatic rings. The zero-order valence-electron chi connectivity index (χ0n) is 14.4. The highest BCUT2D eigenvalue weighted by molar-refractivity contribution is 6.30. The number of rotatable bonds is 5. The van der Waals surface area contributed by atoms with Crippen LogP contribution in [-0.2, 0) is 0 Å². The van der Waals surface area contributed by atoms with Gasteiger partial charge in [0.25, 0.3) is 5.91 Å². The summed E-state index contributed by atoms with van der Waals surface area (Å²) in [5, 5.41) is 4.30. The molecule has 7 heteroatoms. The Balaban J connectivity index is 1.56. The molecule has 3 rings (SSSR count). The number of ether oxygens (including phenoxy) is 1. The van der Waals surface area contributed by atoms with Gasteiger partial charge in [-0.15, -0.1) is 0 Å². The van der Waals surface area contributed by atoms with Gasteiger partial charge in [-0.05, 0) is 72.3 Å². The molecule has 0 aliphatic rings. The van der Waals surface area contributed by atoms with E-state index in [9.17, 15) is 14.0 Å². The van der Waals surface area contributed by atoms with E-state index in [4.69, 9.17) is 16.3 Å². The highest BCUT2D eigenvalue weighted by Gasteiger charge is 2.09. The molecule has 0 bridgehead atoms. The van der Waals surface area contributed by atoms with E-state index in [-0.39, 0.29) is 0 Å². The van der Waals surface area contributed by atoms with Crippen molar-refractivity contribution >= 4 is 29.7 Å². The van der Waals surface area contributed by atoms with E-state index in [0.29, 0.717) is 27.5 Å². The maximum absolute atomic E-state index is 12.9. The minimum atomic E-state index is -0.518. The summed E-state index contributed by atoms with van der Waals surface area (Å²) in [5.41, 5.74) is 3.68. The standard InChI is InChI=1S/C21H14ClFN2O3/c22-17-3-1-2-16(12-17)21(27)28-19-10-4-14(5-11-19)13-24-25-20(26)15-6-8-18(23)9-7-15/h1-13H,(H,25,26). The summed E-state index contributed by atoms with van der Waals surface area (Å²) < 4.78 is 18.1. The van der Waals surface area contributed by atoms with Gasteiger partial charge >= 0.3 is 5.97 Å². The summed E-state index contributed by atoms with van der Waals surface area (Å²) in [5.74, 6) is -1.03. The lowest BCUT2D eigenvalue weighted by Crippen LogP contribution is -2.17. The Hall–Kier alpha value is -3.51. The second-order valence-electron chi connectivity index (χ2n) is 5.67. The predicted molar refractivity (Wildman–Crippen MR) is 104 cm³/mol. The maximum atomic E-state index is 12.9. The molecule has 0 fully saturated rings. The fraction of sp³-hybridized carbons (Fsp3) is 0. The third-order valence-electron chi connectivity index (χ3n) is 3.64. The summed E-state index contributed by atoms with van der Waals surface area (Å²) in [6.07, 6.45) is 1.43. The molecule has 0 spiro atoms. The minimum Gasteiger partial charge on any atom is -0.423 e. The number of esters is 1. The molecule has 1 amide bonds. The molecule has 0 aliphatic heterocycles. The van der Waals surface area contributed by atoms with Crippen LogP contribution in [0.15, 0.2) is 77.9 Å². The van der Waals surface area contributed by atoms with Crippen molar-refractivity contribution in [3.05, 3.63) is 100 Å². The third-order valence-corrected chi connectivity index (χ3v) is 3.87. The number of carbonyl (C=O) groups excluding carboxylic acids is 2. The molecule has 5 nitrogen and oxygen atoms in total. The van der Waals surface area contributed by atoms with Crippen LogP contribution in [0.4, 0.5) is 4.39 Å². The first kappa shape index (κ1) is 19.3. The molecule has 0 aliphatic carbocycles. The van der Waals surface area contributed by atoms with E-state index in [0.717, 1.165) is 0 Å². The van der Waals surface area contributed by atoms with Crippen LogP contribution in [0.2, 0.25) is 5.02 Å². The van der Waals surface area contributed by atoms with Crippen molar-refractivity contribution in [3.63, 3.8) is 0 Å². The number of hydrazone groups is 1. The van der Waals surface area contributed by atoms with E-state index in [1.54, 1.807) is 42.5 Å². The highest BCUT2D eigenvalue weighted by Crippen LogP contribution is 2.16. The molecule has 1 N–H and O–H groups in total. The molecule has 3 aromatic carbocycles. The number of carbonyl (C=O) groups is 2. The lowest BCUT2D eigenvalue weighted by atomic mass is 10.2. The first-order valence-electron chi connectivity index (χ1n) is 8.18. The SMILES string of the molecule is O=C(NN=Cc1ccc(OC(=O)c2cccc(Cl)c2)cc1)c1ccc(F)cc1. The Morgan fingerprint density at radius 1 is 0.964 bits per heavy atom. The van der Waals surface area contributed by atoms with E-state index >= 15 is 0 Å². The molecular weight excluding hydrogens is 383 g/mol. The third kappa shape index (κ3) is 5.25. The van der Waals surface area contributed by atoms with Crippen molar-refractivity contribution < 1.29 is 18.7 Å². The lowest BCUT2D eigenvalue weighted by Gasteiger charge is -2.05. The first-order chi connectivity index (χ1) is 13.5. The number of amides is 1. The van der Waals surface area contributed by atoms with Gasteiger partial charge in [0.05, 0.1) is 11.8 Å². The van der Waals surface area contributed by atoms with Crippen LogP contribution in [-0.4, -0.2) is 18.1 Å². The molecular formula is C21H14ClFN2O3. The van der Waals surface area contributed by atoms with Crippen LogP contribution in [0, 0.1) is 5.82 Å². The van der Waals surface area contributed by atoms with E-state index in [2.05, 4.69) is 10.5 Å². The monoisotopic (exact) mass is 396 g/mol. The number of nitrogens with zero attached hydrogens (tertiary/aromatic N) is 1. The second-order valence-corrected chi connectivity index (χ2v) is 6.11. The number of hydrogen-bond donors (Lipinski definition) is 1. The van der Waals surface area contributed by atoms with Crippen LogP contribution in [0.3, 0.4) is 0 Å². The lowest BCUT2D eigenvalue weighted by molar-refractivity contribution is 0.0734. The van der Waals surface area contributed by atoms with E-state index in [1.165, 1.54) is 36.5 Å². The Morgan fingerprint density at radius 3 is 2.36 bits per heavy atom. The second kappa shape index (κ2) is 8.92. The molecule has 0 radical (unpaired) electrons. The average molecular weight is 397 g/mol. The van der Waals surface area contributed by atoms with Gasteiger partial charge in [0, 0.05) is 10.6 Å². The molecule has 0 heterocycles. The Labute approximate surface area is 165 Å². The molecule has 0 aromatic heterocycles. The van der Waals surface area contributed by atoms with Crippen molar-refractivity contribution in [1.29, 1.82) is 0 Å². The summed E-state index contributed by atoms with van der Waals surface area (Å²) in [6.45, 7) is 0. The minimum absolute atomic E-state index is 0.293. The van der Waals surface area contributed by atoms with Gasteiger partial charge in [0.1, 0.15) is 11.6 Å². The van der Waals surface area contributed by atoms with Crippen LogP contribution in [0.5, 0.6) is 5.75 Å². The van der Waals surface area contributed by atoms with Crippen LogP contribution in [0.1, 0.15) is 26.3 Å². The molecule has 28 heavy (non-hydrogen) atoms. The summed E-state index contributed by atoms with van der Waals surface area (Å²) >= 11 is 5.86.